The number of carbonyl (C=O) groups is 1. The lowest BCUT2D eigenvalue weighted by molar-refractivity contribution is 0.211. The van der Waals surface area contributed by atoms with Gasteiger partial charge in [0.1, 0.15) is 0 Å². The van der Waals surface area contributed by atoms with Crippen LogP contribution in [0.25, 0.3) is 6.08 Å². The van der Waals surface area contributed by atoms with Gasteiger partial charge in [0, 0.05) is 24.8 Å². The minimum Gasteiger partial charge on any atom is -0.323 e. The second-order valence-corrected chi connectivity index (χ2v) is 5.11. The Balaban J connectivity index is 1.85. The number of rotatable bonds is 4. The maximum atomic E-state index is 11.9. The van der Waals surface area contributed by atoms with Crippen LogP contribution in [0.15, 0.2) is 60.8 Å². The van der Waals surface area contributed by atoms with E-state index in [0.717, 1.165) is 11.1 Å². The van der Waals surface area contributed by atoms with Gasteiger partial charge in [-0.1, -0.05) is 54.1 Å². The molecule has 0 atom stereocenters. The molecule has 0 aliphatic carbocycles. The number of benzene rings is 2. The quantitative estimate of drug-likeness (QED) is 0.904. The van der Waals surface area contributed by atoms with Crippen LogP contribution in [0.4, 0.5) is 4.79 Å². The molecular formula is C17H17ClN2O. The van der Waals surface area contributed by atoms with Crippen LogP contribution >= 0.6 is 11.6 Å². The first-order chi connectivity index (χ1) is 10.1. The monoisotopic (exact) mass is 300 g/mol. The molecule has 2 rings (SSSR count). The molecule has 21 heavy (non-hydrogen) atoms. The summed E-state index contributed by atoms with van der Waals surface area (Å²) in [6.45, 7) is 0.571. The van der Waals surface area contributed by atoms with Crippen molar-refractivity contribution in [3.05, 3.63) is 76.9 Å². The molecule has 1 N–H and O–H groups in total. The van der Waals surface area contributed by atoms with Gasteiger partial charge in [-0.05, 0) is 29.3 Å². The number of hydrogen-bond donors (Lipinski definition) is 1. The molecule has 0 fully saturated rings. The molecule has 3 nitrogen and oxygen atoms in total. The summed E-state index contributed by atoms with van der Waals surface area (Å²) >= 11 is 5.81. The Morgan fingerprint density at radius 2 is 1.81 bits per heavy atom. The standard InChI is InChI=1S/C17H17ClN2O/c1-20(13-15-5-3-2-4-6-15)17(21)19-12-11-14-7-9-16(18)10-8-14/h2-12H,13H2,1H3,(H,19,21)/b12-11+. The summed E-state index contributed by atoms with van der Waals surface area (Å²) in [6, 6.07) is 17.1. The van der Waals surface area contributed by atoms with E-state index in [1.807, 2.05) is 60.7 Å². The smallest absolute Gasteiger partial charge is 0.321 e. The third kappa shape index (κ3) is 4.97. The van der Waals surface area contributed by atoms with Gasteiger partial charge in [0.05, 0.1) is 0 Å². The summed E-state index contributed by atoms with van der Waals surface area (Å²) in [7, 11) is 1.76. The maximum Gasteiger partial charge on any atom is 0.321 e. The maximum absolute atomic E-state index is 11.9. The molecule has 0 aliphatic heterocycles. The van der Waals surface area contributed by atoms with E-state index in [1.165, 1.54) is 0 Å². The van der Waals surface area contributed by atoms with Gasteiger partial charge in [-0.2, -0.15) is 0 Å². The van der Waals surface area contributed by atoms with E-state index in [1.54, 1.807) is 18.1 Å². The van der Waals surface area contributed by atoms with E-state index in [0.29, 0.717) is 11.6 Å². The lowest BCUT2D eigenvalue weighted by Crippen LogP contribution is -2.33. The number of carbonyl (C=O) groups excluding carboxylic acids is 1. The van der Waals surface area contributed by atoms with Crippen LogP contribution < -0.4 is 5.32 Å². The molecule has 2 aromatic carbocycles. The third-order valence-corrected chi connectivity index (χ3v) is 3.21. The second kappa shape index (κ2) is 7.50. The Morgan fingerprint density at radius 1 is 1.14 bits per heavy atom. The van der Waals surface area contributed by atoms with Crippen molar-refractivity contribution in [1.82, 2.24) is 10.2 Å². The van der Waals surface area contributed by atoms with Gasteiger partial charge in [-0.15, -0.1) is 0 Å². The number of nitrogens with zero attached hydrogens (tertiary/aromatic N) is 1. The van der Waals surface area contributed by atoms with Gasteiger partial charge in [0.2, 0.25) is 0 Å². The molecule has 4 heteroatoms. The molecule has 0 bridgehead atoms. The molecule has 0 heterocycles. The van der Waals surface area contributed by atoms with E-state index < -0.39 is 0 Å². The first kappa shape index (κ1) is 15.1. The molecule has 0 spiro atoms. The molecule has 108 valence electrons. The van der Waals surface area contributed by atoms with Crippen molar-refractivity contribution in [3.8, 4) is 0 Å². The Kier molecular flexibility index (Phi) is 5.41. The van der Waals surface area contributed by atoms with E-state index >= 15 is 0 Å². The van der Waals surface area contributed by atoms with E-state index in [4.69, 9.17) is 11.6 Å². The SMILES string of the molecule is CN(Cc1ccccc1)C(=O)N/C=C/c1ccc(Cl)cc1. The zero-order valence-electron chi connectivity index (χ0n) is 11.8. The molecular weight excluding hydrogens is 284 g/mol. The van der Waals surface area contributed by atoms with Crippen molar-refractivity contribution in [2.45, 2.75) is 6.54 Å². The molecule has 0 aliphatic rings. The third-order valence-electron chi connectivity index (χ3n) is 2.96. The van der Waals surface area contributed by atoms with Gasteiger partial charge in [-0.25, -0.2) is 4.79 Å². The van der Waals surface area contributed by atoms with Gasteiger partial charge in [-0.3, -0.25) is 0 Å². The number of urea groups is 1. The first-order valence-corrected chi connectivity index (χ1v) is 7.00. The summed E-state index contributed by atoms with van der Waals surface area (Å²) in [4.78, 5) is 13.6. The number of hydrogen-bond acceptors (Lipinski definition) is 1. The Hall–Kier alpha value is -2.26. The Bertz CT molecular complexity index is 608. The lowest BCUT2D eigenvalue weighted by Gasteiger charge is -2.16. The molecule has 0 radical (unpaired) electrons. The Labute approximate surface area is 129 Å². The highest BCUT2D eigenvalue weighted by molar-refractivity contribution is 6.30. The predicted octanol–water partition coefficient (Wildman–Crippen LogP) is 4.15. The number of nitrogens with one attached hydrogen (secondary N) is 1. The summed E-state index contributed by atoms with van der Waals surface area (Å²) in [6.07, 6.45) is 3.46. The molecule has 0 unspecified atom stereocenters. The Morgan fingerprint density at radius 3 is 2.48 bits per heavy atom. The van der Waals surface area contributed by atoms with Crippen LogP contribution in [0, 0.1) is 0 Å². The summed E-state index contributed by atoms with van der Waals surface area (Å²) in [5.74, 6) is 0. The zero-order chi connectivity index (χ0) is 15.1. The highest BCUT2D eigenvalue weighted by Crippen LogP contribution is 2.10. The van der Waals surface area contributed by atoms with E-state index in [2.05, 4.69) is 5.32 Å². The van der Waals surface area contributed by atoms with Crippen LogP contribution in [0.5, 0.6) is 0 Å². The number of halogens is 1. The van der Waals surface area contributed by atoms with Crippen LogP contribution in [-0.2, 0) is 6.54 Å². The van der Waals surface area contributed by atoms with Crippen molar-refractivity contribution in [1.29, 1.82) is 0 Å². The average molecular weight is 301 g/mol. The molecule has 0 aromatic heterocycles. The fourth-order valence-corrected chi connectivity index (χ4v) is 1.95. The van der Waals surface area contributed by atoms with Crippen LogP contribution in [0.2, 0.25) is 5.02 Å². The van der Waals surface area contributed by atoms with Crippen LogP contribution in [0.3, 0.4) is 0 Å². The highest BCUT2D eigenvalue weighted by Gasteiger charge is 2.06. The fourth-order valence-electron chi connectivity index (χ4n) is 1.82. The van der Waals surface area contributed by atoms with Gasteiger partial charge in [0.15, 0.2) is 0 Å². The van der Waals surface area contributed by atoms with E-state index in [-0.39, 0.29) is 6.03 Å². The first-order valence-electron chi connectivity index (χ1n) is 6.63. The van der Waals surface area contributed by atoms with E-state index in [9.17, 15) is 4.79 Å². The normalized spacial score (nSPS) is 10.6. The predicted molar refractivity (Wildman–Crippen MR) is 86.9 cm³/mol. The summed E-state index contributed by atoms with van der Waals surface area (Å²) < 4.78 is 0. The fraction of sp³-hybridized carbons (Fsp3) is 0.118. The molecule has 2 amide bonds. The topological polar surface area (TPSA) is 32.3 Å². The highest BCUT2D eigenvalue weighted by atomic mass is 35.5. The van der Waals surface area contributed by atoms with Crippen LogP contribution in [-0.4, -0.2) is 18.0 Å². The molecule has 0 saturated carbocycles. The largest absolute Gasteiger partial charge is 0.323 e. The average Bonchev–Trinajstić information content (AvgIpc) is 2.50. The zero-order valence-corrected chi connectivity index (χ0v) is 12.5. The summed E-state index contributed by atoms with van der Waals surface area (Å²) in [5, 5.41) is 3.43. The summed E-state index contributed by atoms with van der Waals surface area (Å²) in [5.41, 5.74) is 2.07. The number of amides is 2. The van der Waals surface area contributed by atoms with Gasteiger partial charge >= 0.3 is 6.03 Å². The van der Waals surface area contributed by atoms with Gasteiger partial charge in [0.25, 0.3) is 0 Å². The minimum atomic E-state index is -0.149. The van der Waals surface area contributed by atoms with Crippen molar-refractivity contribution in [2.75, 3.05) is 7.05 Å². The molecule has 2 aromatic rings. The van der Waals surface area contributed by atoms with Gasteiger partial charge < -0.3 is 10.2 Å². The molecule has 0 saturated heterocycles. The van der Waals surface area contributed by atoms with Crippen molar-refractivity contribution >= 4 is 23.7 Å². The van der Waals surface area contributed by atoms with Crippen molar-refractivity contribution in [3.63, 3.8) is 0 Å². The minimum absolute atomic E-state index is 0.149. The lowest BCUT2D eigenvalue weighted by atomic mass is 10.2. The second-order valence-electron chi connectivity index (χ2n) is 4.68. The van der Waals surface area contributed by atoms with Crippen LogP contribution in [0.1, 0.15) is 11.1 Å². The van der Waals surface area contributed by atoms with Crippen molar-refractivity contribution < 1.29 is 4.79 Å². The van der Waals surface area contributed by atoms with Crippen molar-refractivity contribution in [2.24, 2.45) is 0 Å².